The number of hydrogen-bond acceptors (Lipinski definition) is 2. The molecule has 0 unspecified atom stereocenters. The molecule has 2 saturated carbocycles. The van der Waals surface area contributed by atoms with Gasteiger partial charge < -0.3 is 4.74 Å². The Balaban J connectivity index is 1.65. The van der Waals surface area contributed by atoms with Gasteiger partial charge >= 0.3 is 0 Å². The summed E-state index contributed by atoms with van der Waals surface area (Å²) in [6.45, 7) is 2.43. The summed E-state index contributed by atoms with van der Waals surface area (Å²) in [5.41, 5.74) is 12.2. The van der Waals surface area contributed by atoms with E-state index in [1.165, 1.54) is 24.8 Å². The molecule has 1 aromatic rings. The van der Waals surface area contributed by atoms with Crippen LogP contribution in [0.3, 0.4) is 0 Å². The Morgan fingerprint density at radius 3 is 3.00 bits per heavy atom. The zero-order chi connectivity index (χ0) is 16.0. The molecule has 0 amide bonds. The van der Waals surface area contributed by atoms with E-state index in [0.29, 0.717) is 17.3 Å². The van der Waals surface area contributed by atoms with Crippen molar-refractivity contribution in [1.29, 1.82) is 0 Å². The number of rotatable bonds is 2. The van der Waals surface area contributed by atoms with Gasteiger partial charge in [-0.25, -0.2) is 0 Å². The van der Waals surface area contributed by atoms with Crippen molar-refractivity contribution in [3.63, 3.8) is 0 Å². The van der Waals surface area contributed by atoms with Crippen LogP contribution in [0, 0.1) is 17.3 Å². The van der Waals surface area contributed by atoms with Crippen LogP contribution in [0.4, 0.5) is 0 Å². The number of fused-ring (bicyclic) bond motifs is 5. The topological polar surface area (TPSA) is 58.0 Å². The maximum Gasteiger partial charge on any atom is 0.119 e. The summed E-state index contributed by atoms with van der Waals surface area (Å²) < 4.78 is 5.40. The van der Waals surface area contributed by atoms with Crippen molar-refractivity contribution in [3.05, 3.63) is 39.8 Å². The number of aryl methyl sites for hydroxylation is 1. The summed E-state index contributed by atoms with van der Waals surface area (Å²) in [6, 6.07) is 6.86. The third-order valence-electron chi connectivity index (χ3n) is 6.89. The summed E-state index contributed by atoms with van der Waals surface area (Å²) in [5.74, 6) is 3.14. The Bertz CT molecular complexity index is 667. The zero-order valence-corrected chi connectivity index (χ0v) is 14.0. The molecule has 4 heteroatoms. The molecule has 0 spiro atoms. The van der Waals surface area contributed by atoms with Crippen LogP contribution in [0.25, 0.3) is 10.4 Å². The molecule has 4 nitrogen and oxygen atoms in total. The van der Waals surface area contributed by atoms with E-state index in [2.05, 4.69) is 35.1 Å². The molecule has 2 fully saturated rings. The maximum absolute atomic E-state index is 8.80. The molecule has 5 atom stereocenters. The van der Waals surface area contributed by atoms with Gasteiger partial charge in [0.1, 0.15) is 5.75 Å². The van der Waals surface area contributed by atoms with Crippen LogP contribution in [0.2, 0.25) is 0 Å². The smallest absolute Gasteiger partial charge is 0.119 e. The van der Waals surface area contributed by atoms with Crippen molar-refractivity contribution in [1.82, 2.24) is 0 Å². The minimum Gasteiger partial charge on any atom is -0.497 e. The fourth-order valence-electron chi connectivity index (χ4n) is 5.87. The number of hydrogen-bond donors (Lipinski definition) is 0. The molecule has 3 aliphatic carbocycles. The van der Waals surface area contributed by atoms with E-state index in [4.69, 9.17) is 10.3 Å². The largest absolute Gasteiger partial charge is 0.497 e. The standard InChI is InChI=1S/C19H25N3O/c1-19-8-7-16-15-6-4-14(23-2)9-12(15)3-5-17(16)18(19)10-13(11-19)21-22-20/h4,6,9,13,16-18H,3,5,7-8,10-11H2,1-2H3/t13-,16+,17+,18-,19+/m0/s1. The Kier molecular flexibility index (Phi) is 3.53. The Morgan fingerprint density at radius 2 is 2.22 bits per heavy atom. The van der Waals surface area contributed by atoms with E-state index >= 15 is 0 Å². The summed E-state index contributed by atoms with van der Waals surface area (Å²) in [6.07, 6.45) is 7.15. The van der Waals surface area contributed by atoms with Gasteiger partial charge in [0.25, 0.3) is 0 Å². The van der Waals surface area contributed by atoms with Crippen molar-refractivity contribution < 1.29 is 4.74 Å². The van der Waals surface area contributed by atoms with Gasteiger partial charge in [0, 0.05) is 11.0 Å². The second kappa shape index (κ2) is 5.45. The highest BCUT2D eigenvalue weighted by atomic mass is 16.5. The van der Waals surface area contributed by atoms with Crippen LogP contribution in [-0.4, -0.2) is 13.2 Å². The Labute approximate surface area is 137 Å². The lowest BCUT2D eigenvalue weighted by molar-refractivity contribution is 0.0598. The fourth-order valence-corrected chi connectivity index (χ4v) is 5.87. The van der Waals surface area contributed by atoms with Gasteiger partial charge in [-0.2, -0.15) is 0 Å². The number of azide groups is 1. The highest BCUT2D eigenvalue weighted by molar-refractivity contribution is 5.40. The summed E-state index contributed by atoms with van der Waals surface area (Å²) in [7, 11) is 1.74. The van der Waals surface area contributed by atoms with E-state index in [1.54, 1.807) is 12.7 Å². The first-order valence-electron chi connectivity index (χ1n) is 8.85. The number of methoxy groups -OCH3 is 1. The van der Waals surface area contributed by atoms with E-state index in [9.17, 15) is 0 Å². The highest BCUT2D eigenvalue weighted by Crippen LogP contribution is 2.61. The maximum atomic E-state index is 8.80. The molecule has 0 bridgehead atoms. The summed E-state index contributed by atoms with van der Waals surface area (Å²) in [5, 5.41) is 4.06. The first-order chi connectivity index (χ1) is 11.1. The van der Waals surface area contributed by atoms with E-state index in [0.717, 1.165) is 30.9 Å². The normalized spacial score (nSPS) is 38.0. The quantitative estimate of drug-likeness (QED) is 0.419. The minimum atomic E-state index is 0.214. The van der Waals surface area contributed by atoms with Crippen molar-refractivity contribution >= 4 is 0 Å². The fraction of sp³-hybridized carbons (Fsp3) is 0.684. The van der Waals surface area contributed by atoms with E-state index in [1.807, 2.05) is 0 Å². The van der Waals surface area contributed by atoms with Gasteiger partial charge in [-0.1, -0.05) is 18.1 Å². The van der Waals surface area contributed by atoms with Crippen LogP contribution >= 0.6 is 0 Å². The number of nitrogens with zero attached hydrogens (tertiary/aromatic N) is 3. The van der Waals surface area contributed by atoms with Crippen molar-refractivity contribution in [2.75, 3.05) is 7.11 Å². The molecule has 3 aliphatic rings. The summed E-state index contributed by atoms with van der Waals surface area (Å²) in [4.78, 5) is 3.08. The van der Waals surface area contributed by atoms with E-state index < -0.39 is 0 Å². The molecule has 0 heterocycles. The molecule has 4 rings (SSSR count). The van der Waals surface area contributed by atoms with E-state index in [-0.39, 0.29) is 6.04 Å². The van der Waals surface area contributed by atoms with Crippen LogP contribution in [-0.2, 0) is 6.42 Å². The van der Waals surface area contributed by atoms with Gasteiger partial charge in [-0.15, -0.1) is 0 Å². The SMILES string of the molecule is COc1ccc2c(c1)CC[C@@H]1[C@@H]2CC[C@]2(C)C[C@@H](N=[N+]=[N-])C[C@@H]12. The van der Waals surface area contributed by atoms with Gasteiger partial charge in [-0.05, 0) is 90.5 Å². The molecule has 0 N–H and O–H groups in total. The van der Waals surface area contributed by atoms with Gasteiger partial charge in [-0.3, -0.25) is 0 Å². The lowest BCUT2D eigenvalue weighted by Gasteiger charge is -2.49. The third-order valence-corrected chi connectivity index (χ3v) is 6.89. The monoisotopic (exact) mass is 311 g/mol. The first-order valence-corrected chi connectivity index (χ1v) is 8.85. The lowest BCUT2D eigenvalue weighted by Crippen LogP contribution is -2.39. The zero-order valence-electron chi connectivity index (χ0n) is 14.0. The second-order valence-electron chi connectivity index (χ2n) is 7.97. The van der Waals surface area contributed by atoms with Crippen LogP contribution < -0.4 is 4.74 Å². The van der Waals surface area contributed by atoms with Crippen LogP contribution in [0.5, 0.6) is 5.75 Å². The van der Waals surface area contributed by atoms with Crippen LogP contribution in [0.1, 0.15) is 56.1 Å². The molecule has 0 aromatic heterocycles. The predicted molar refractivity (Wildman–Crippen MR) is 90.5 cm³/mol. The van der Waals surface area contributed by atoms with Crippen molar-refractivity contribution in [2.45, 2.75) is 57.4 Å². The number of benzene rings is 1. The lowest BCUT2D eigenvalue weighted by atomic mass is 9.56. The number of ether oxygens (including phenoxy) is 1. The van der Waals surface area contributed by atoms with Gasteiger partial charge in [0.15, 0.2) is 0 Å². The van der Waals surface area contributed by atoms with Crippen LogP contribution in [0.15, 0.2) is 23.3 Å². The molecular formula is C19H25N3O. The van der Waals surface area contributed by atoms with Gasteiger partial charge in [0.2, 0.25) is 0 Å². The predicted octanol–water partition coefficient (Wildman–Crippen LogP) is 5.23. The molecule has 1 aromatic carbocycles. The minimum absolute atomic E-state index is 0.214. The average molecular weight is 311 g/mol. The summed E-state index contributed by atoms with van der Waals surface area (Å²) >= 11 is 0. The third kappa shape index (κ3) is 2.31. The Morgan fingerprint density at radius 1 is 1.35 bits per heavy atom. The first kappa shape index (κ1) is 14.9. The molecule has 0 aliphatic heterocycles. The molecule has 0 saturated heterocycles. The van der Waals surface area contributed by atoms with Gasteiger partial charge in [0.05, 0.1) is 7.11 Å². The molecule has 122 valence electrons. The average Bonchev–Trinajstić information content (AvgIpc) is 2.90. The molecule has 23 heavy (non-hydrogen) atoms. The highest BCUT2D eigenvalue weighted by Gasteiger charge is 2.52. The Hall–Kier alpha value is -1.67. The van der Waals surface area contributed by atoms with Crippen molar-refractivity contribution in [2.24, 2.45) is 22.4 Å². The molecular weight excluding hydrogens is 286 g/mol. The second-order valence-corrected chi connectivity index (χ2v) is 7.97. The molecule has 0 radical (unpaired) electrons. The van der Waals surface area contributed by atoms with Crippen molar-refractivity contribution in [3.8, 4) is 5.75 Å².